The molecule has 0 aliphatic heterocycles. The molecule has 522 valence electrons. The summed E-state index contributed by atoms with van der Waals surface area (Å²) in [6, 6.07) is 0. The summed E-state index contributed by atoms with van der Waals surface area (Å²) in [7, 11) is 0. The van der Waals surface area contributed by atoms with E-state index in [0.29, 0.717) is 57.8 Å². The number of carbonyl (C=O) groups is 4. The first-order valence-corrected chi connectivity index (χ1v) is 39.6. The highest BCUT2D eigenvalue weighted by Gasteiger charge is 2.79. The van der Waals surface area contributed by atoms with Gasteiger partial charge in [0, 0.05) is 6.92 Å². The third kappa shape index (κ3) is 34.3. The highest BCUT2D eigenvalue weighted by Crippen LogP contribution is 2.71. The molecule has 4 unspecified atom stereocenters. The van der Waals surface area contributed by atoms with Gasteiger partial charge in [0.05, 0.1) is 12.0 Å². The first kappa shape index (κ1) is 86.0. The monoisotopic (exact) mass is 1240 g/mol. The van der Waals surface area contributed by atoms with Crippen LogP contribution in [0.25, 0.3) is 0 Å². The number of hydrogen-bond acceptors (Lipinski definition) is 6. The van der Waals surface area contributed by atoms with Gasteiger partial charge in [-0.1, -0.05) is 390 Å². The Kier molecular flexibility index (Phi) is 55.3. The van der Waals surface area contributed by atoms with Crippen molar-refractivity contribution in [2.24, 2.45) is 16.2 Å². The predicted octanol–water partition coefficient (Wildman–Crippen LogP) is 26.7. The van der Waals surface area contributed by atoms with Gasteiger partial charge in [0.25, 0.3) is 0 Å². The quantitative estimate of drug-likeness (QED) is 0.0350. The van der Waals surface area contributed by atoms with Crippen LogP contribution in [0.1, 0.15) is 461 Å². The topological polar surface area (TPSA) is 127 Å². The van der Waals surface area contributed by atoms with E-state index in [4.69, 9.17) is 9.47 Å². The Hall–Kier alpha value is -1.96. The van der Waals surface area contributed by atoms with E-state index in [0.717, 1.165) is 276 Å². The summed E-state index contributed by atoms with van der Waals surface area (Å²) in [5.74, 6) is -4.08. The van der Waals surface area contributed by atoms with Crippen LogP contribution >= 0.6 is 0 Å². The van der Waals surface area contributed by atoms with Crippen LogP contribution in [0.2, 0.25) is 0 Å². The predicted molar refractivity (Wildman–Crippen MR) is 379 cm³/mol. The second-order valence-electron chi connectivity index (χ2n) is 28.8. The highest BCUT2D eigenvalue weighted by molar-refractivity contribution is 5.98. The molecular weight excluding hydrogens is 1090 g/mol. The van der Waals surface area contributed by atoms with Crippen molar-refractivity contribution in [3.05, 3.63) is 0 Å². The smallest absolute Gasteiger partial charge is 0.337 e. The third-order valence-electron chi connectivity index (χ3n) is 21.1. The number of hydrogen-bond donors (Lipinski definition) is 2. The Balaban J connectivity index is 10.4. The Bertz CT molecular complexity index is 1570. The van der Waals surface area contributed by atoms with Crippen LogP contribution in [-0.4, -0.2) is 45.3 Å². The summed E-state index contributed by atoms with van der Waals surface area (Å²) in [6.07, 6.45) is 57.2. The van der Waals surface area contributed by atoms with Gasteiger partial charge in [-0.2, -0.15) is 0 Å². The Morgan fingerprint density at radius 1 is 0.284 bits per heavy atom. The van der Waals surface area contributed by atoms with Crippen LogP contribution in [0.3, 0.4) is 0 Å². The molecule has 0 aromatic heterocycles. The summed E-state index contributed by atoms with van der Waals surface area (Å²) in [6.45, 7) is 21.6. The maximum atomic E-state index is 17.8. The molecule has 88 heavy (non-hydrogen) atoms. The van der Waals surface area contributed by atoms with Crippen LogP contribution in [0.4, 0.5) is 0 Å². The van der Waals surface area contributed by atoms with Crippen LogP contribution < -0.4 is 0 Å². The molecule has 0 radical (unpaired) electrons. The second kappa shape index (κ2) is 56.6. The number of aliphatic carboxylic acids is 2. The van der Waals surface area contributed by atoms with E-state index in [-0.39, 0.29) is 0 Å². The minimum absolute atomic E-state index is 0.575. The molecule has 0 fully saturated rings. The summed E-state index contributed by atoms with van der Waals surface area (Å²) in [5.41, 5.74) is -7.79. The van der Waals surface area contributed by atoms with E-state index in [1.807, 2.05) is 0 Å². The molecule has 2 N–H and O–H groups in total. The van der Waals surface area contributed by atoms with Gasteiger partial charge in [0.2, 0.25) is 0 Å². The van der Waals surface area contributed by atoms with Gasteiger partial charge in [0.15, 0.2) is 5.60 Å². The molecule has 0 rings (SSSR count). The van der Waals surface area contributed by atoms with Gasteiger partial charge in [-0.25, -0.2) is 4.79 Å². The lowest BCUT2D eigenvalue weighted by Crippen LogP contribution is -2.75. The molecule has 0 spiro atoms. The number of unbranched alkanes of at least 4 members (excludes halogenated alkanes) is 42. The van der Waals surface area contributed by atoms with Gasteiger partial charge >= 0.3 is 23.9 Å². The number of esters is 2. The van der Waals surface area contributed by atoms with Crippen molar-refractivity contribution in [2.75, 3.05) is 0 Å². The zero-order valence-corrected chi connectivity index (χ0v) is 61.0. The molecular formula is C80H154O8. The lowest BCUT2D eigenvalue weighted by atomic mass is 9.38. The Labute approximate surface area is 548 Å². The Morgan fingerprint density at radius 3 is 0.670 bits per heavy atom. The number of rotatable bonds is 69. The number of carboxylic acids is 2. The van der Waals surface area contributed by atoms with Crippen LogP contribution in [0, 0.1) is 16.2 Å². The van der Waals surface area contributed by atoms with Crippen molar-refractivity contribution in [1.82, 2.24) is 0 Å². The van der Waals surface area contributed by atoms with E-state index >= 15 is 9.59 Å². The Morgan fingerprint density at radius 2 is 0.477 bits per heavy atom. The lowest BCUT2D eigenvalue weighted by molar-refractivity contribution is -0.293. The fourth-order valence-corrected chi connectivity index (χ4v) is 16.3. The molecule has 0 aliphatic rings. The summed E-state index contributed by atoms with van der Waals surface area (Å²) in [5, 5.41) is 25.7. The average Bonchev–Trinajstić information content (AvgIpc) is 0.676. The summed E-state index contributed by atoms with van der Waals surface area (Å²) >= 11 is 0. The SMILES string of the molecule is CCCCCCCCCC(CCCCCC)(CCCCCCCC)OC(CC(=O)O)(C(=O)O)C(C(=O)OC(C)=O)(C(CCCCCC)(CCCCCCCC)CCCCCCCCC)C(CCCCCC)(CCCCCCCC)CCCCCCCCC. The van der Waals surface area contributed by atoms with Crippen molar-refractivity contribution in [2.45, 2.75) is 472 Å². The fourth-order valence-electron chi connectivity index (χ4n) is 16.3. The van der Waals surface area contributed by atoms with Gasteiger partial charge in [0.1, 0.15) is 5.41 Å². The van der Waals surface area contributed by atoms with E-state index < -0.39 is 57.7 Å². The van der Waals surface area contributed by atoms with E-state index in [1.54, 1.807) is 0 Å². The summed E-state index contributed by atoms with van der Waals surface area (Å²) in [4.78, 5) is 63.7. The fraction of sp³-hybridized carbons (Fsp3) is 0.950. The molecule has 0 saturated carbocycles. The molecule has 4 atom stereocenters. The minimum atomic E-state index is -2.57. The van der Waals surface area contributed by atoms with Crippen molar-refractivity contribution in [3.63, 3.8) is 0 Å². The molecule has 0 heterocycles. The number of carbonyl (C=O) groups excluding carboxylic acids is 2. The van der Waals surface area contributed by atoms with Crippen LogP contribution in [-0.2, 0) is 28.7 Å². The molecule has 8 nitrogen and oxygen atoms in total. The molecule has 0 aromatic rings. The van der Waals surface area contributed by atoms with Gasteiger partial charge in [-0.15, -0.1) is 0 Å². The van der Waals surface area contributed by atoms with E-state index in [9.17, 15) is 19.8 Å². The highest BCUT2D eigenvalue weighted by atomic mass is 16.6. The zero-order chi connectivity index (χ0) is 65.4. The standard InChI is InChI=1S/C80H154O8/c1-11-20-29-38-44-49-57-66-76(62-53-35-26-17-7,64-55-47-41-32-23-14-4)80(75(86)87-72(10)81,77(63-54-36-27-18-8,65-56-48-42-33-24-15-5)67-58-50-45-39-30-21-12-2)79(74(84)85,71-73(82)83)88-78(68-59-37-28-19-9,69-60-51-43-34-25-16-6)70-61-52-46-40-31-22-13-3/h11-71H2,1-10H3,(H,82,83)(H,84,85). The van der Waals surface area contributed by atoms with Gasteiger partial charge < -0.3 is 19.7 Å². The normalized spacial score (nSPS) is 15.3. The third-order valence-corrected chi connectivity index (χ3v) is 21.1. The average molecular weight is 1240 g/mol. The maximum absolute atomic E-state index is 17.8. The lowest BCUT2D eigenvalue weighted by Gasteiger charge is -2.66. The summed E-state index contributed by atoms with van der Waals surface area (Å²) < 4.78 is 15.0. The maximum Gasteiger partial charge on any atom is 0.337 e. The van der Waals surface area contributed by atoms with Gasteiger partial charge in [-0.05, 0) is 68.6 Å². The van der Waals surface area contributed by atoms with Crippen molar-refractivity contribution in [1.29, 1.82) is 0 Å². The van der Waals surface area contributed by atoms with Crippen LogP contribution in [0.5, 0.6) is 0 Å². The minimum Gasteiger partial charge on any atom is -0.481 e. The molecule has 0 saturated heterocycles. The molecule has 8 heteroatoms. The van der Waals surface area contributed by atoms with Gasteiger partial charge in [-0.3, -0.25) is 14.4 Å². The molecule has 0 aliphatic carbocycles. The van der Waals surface area contributed by atoms with E-state index in [2.05, 4.69) is 62.3 Å². The number of carboxylic acid groups (broad SMARTS) is 2. The van der Waals surface area contributed by atoms with Crippen molar-refractivity contribution >= 4 is 23.9 Å². The first-order chi connectivity index (χ1) is 42.7. The molecule has 0 bridgehead atoms. The number of ether oxygens (including phenoxy) is 2. The van der Waals surface area contributed by atoms with Crippen LogP contribution in [0.15, 0.2) is 0 Å². The largest absolute Gasteiger partial charge is 0.481 e. The molecule has 0 aromatic carbocycles. The first-order valence-electron chi connectivity index (χ1n) is 39.6. The van der Waals surface area contributed by atoms with Crippen molar-refractivity contribution in [3.8, 4) is 0 Å². The zero-order valence-electron chi connectivity index (χ0n) is 61.0. The van der Waals surface area contributed by atoms with Crippen molar-refractivity contribution < 1.29 is 38.9 Å². The van der Waals surface area contributed by atoms with E-state index in [1.165, 1.54) is 58.3 Å². The second-order valence-corrected chi connectivity index (χ2v) is 28.8. The molecule has 0 amide bonds.